The molecule has 29 heavy (non-hydrogen) atoms. The molecule has 1 atom stereocenters. The fourth-order valence-electron chi connectivity index (χ4n) is 3.90. The topological polar surface area (TPSA) is 70.7 Å². The molecule has 1 fully saturated rings. The molecular weight excluding hydrogens is 366 g/mol. The molecule has 1 saturated heterocycles. The van der Waals surface area contributed by atoms with Crippen LogP contribution in [0.25, 0.3) is 0 Å². The first kappa shape index (κ1) is 19.1. The van der Waals surface area contributed by atoms with Crippen molar-refractivity contribution in [3.63, 3.8) is 0 Å². The van der Waals surface area contributed by atoms with Gasteiger partial charge in [-0.3, -0.25) is 4.79 Å². The van der Waals surface area contributed by atoms with Crippen LogP contribution in [0.5, 0.6) is 5.75 Å². The van der Waals surface area contributed by atoms with E-state index >= 15 is 0 Å². The first-order valence-corrected chi connectivity index (χ1v) is 9.96. The standard InChI is InChI=1S/C23H25N3O3/c1-29-19-7-5-6-17(14-19)21-20(15-24-23(28)25-21)22(27)16-8-10-18(11-9-16)26-12-3-2-4-13-26/h5-11,14-15,21H,2-4,12-13H2,1H3,(H2,24,25,28). The number of hydrogen-bond acceptors (Lipinski definition) is 4. The van der Waals surface area contributed by atoms with E-state index < -0.39 is 6.04 Å². The van der Waals surface area contributed by atoms with Gasteiger partial charge < -0.3 is 20.3 Å². The van der Waals surface area contributed by atoms with Crippen molar-refractivity contribution in [1.82, 2.24) is 10.6 Å². The third-order valence-electron chi connectivity index (χ3n) is 5.49. The highest BCUT2D eigenvalue weighted by Gasteiger charge is 2.29. The summed E-state index contributed by atoms with van der Waals surface area (Å²) < 4.78 is 5.29. The van der Waals surface area contributed by atoms with Gasteiger partial charge in [0.25, 0.3) is 0 Å². The third kappa shape index (κ3) is 4.11. The lowest BCUT2D eigenvalue weighted by Gasteiger charge is -2.29. The van der Waals surface area contributed by atoms with E-state index in [1.165, 1.54) is 25.5 Å². The second-order valence-corrected chi connectivity index (χ2v) is 7.35. The van der Waals surface area contributed by atoms with Gasteiger partial charge >= 0.3 is 6.03 Å². The molecule has 0 spiro atoms. The number of urea groups is 1. The molecule has 2 aromatic rings. The van der Waals surface area contributed by atoms with Crippen LogP contribution in [-0.4, -0.2) is 32.0 Å². The molecule has 6 nitrogen and oxygen atoms in total. The van der Waals surface area contributed by atoms with E-state index in [-0.39, 0.29) is 11.8 Å². The van der Waals surface area contributed by atoms with Crippen LogP contribution in [0.3, 0.4) is 0 Å². The van der Waals surface area contributed by atoms with Crippen LogP contribution in [0.4, 0.5) is 10.5 Å². The Morgan fingerprint density at radius 3 is 2.55 bits per heavy atom. The van der Waals surface area contributed by atoms with Crippen LogP contribution in [0.1, 0.15) is 41.2 Å². The molecule has 0 radical (unpaired) electrons. The monoisotopic (exact) mass is 391 g/mol. The predicted octanol–water partition coefficient (Wildman–Crippen LogP) is 3.81. The Kier molecular flexibility index (Phi) is 5.51. The SMILES string of the molecule is COc1cccc(C2NC(=O)NC=C2C(=O)c2ccc(N3CCCCC3)cc2)c1. The van der Waals surface area contributed by atoms with Crippen molar-refractivity contribution >= 4 is 17.5 Å². The van der Waals surface area contributed by atoms with Crippen LogP contribution in [0.15, 0.2) is 60.3 Å². The number of amides is 2. The maximum Gasteiger partial charge on any atom is 0.319 e. The first-order chi connectivity index (χ1) is 14.2. The van der Waals surface area contributed by atoms with Gasteiger partial charge in [0.15, 0.2) is 5.78 Å². The maximum atomic E-state index is 13.2. The van der Waals surface area contributed by atoms with Gasteiger partial charge in [0, 0.05) is 36.1 Å². The highest BCUT2D eigenvalue weighted by Crippen LogP contribution is 2.29. The lowest BCUT2D eigenvalue weighted by molar-refractivity contribution is 0.102. The van der Waals surface area contributed by atoms with Crippen molar-refractivity contribution in [3.8, 4) is 5.75 Å². The minimum Gasteiger partial charge on any atom is -0.497 e. The summed E-state index contributed by atoms with van der Waals surface area (Å²) in [6, 6.07) is 14.3. The summed E-state index contributed by atoms with van der Waals surface area (Å²) in [5.74, 6) is 0.559. The molecular formula is C23H25N3O3. The minimum atomic E-state index is -0.534. The van der Waals surface area contributed by atoms with Gasteiger partial charge in [-0.05, 0) is 61.2 Å². The van der Waals surface area contributed by atoms with Crippen LogP contribution in [0.2, 0.25) is 0 Å². The van der Waals surface area contributed by atoms with E-state index in [1.807, 2.05) is 48.5 Å². The minimum absolute atomic E-state index is 0.115. The number of nitrogens with zero attached hydrogens (tertiary/aromatic N) is 1. The molecule has 2 aliphatic heterocycles. The molecule has 0 aromatic heterocycles. The van der Waals surface area contributed by atoms with Gasteiger partial charge in [0.05, 0.1) is 13.2 Å². The smallest absolute Gasteiger partial charge is 0.319 e. The molecule has 0 aliphatic carbocycles. The van der Waals surface area contributed by atoms with E-state index in [9.17, 15) is 9.59 Å². The van der Waals surface area contributed by atoms with Gasteiger partial charge in [-0.25, -0.2) is 4.79 Å². The summed E-state index contributed by atoms with van der Waals surface area (Å²) in [5.41, 5.74) is 3.03. The number of carbonyl (C=O) groups is 2. The van der Waals surface area contributed by atoms with Crippen molar-refractivity contribution < 1.29 is 14.3 Å². The number of rotatable bonds is 5. The summed E-state index contributed by atoms with van der Waals surface area (Å²) in [6.45, 7) is 2.12. The van der Waals surface area contributed by atoms with Gasteiger partial charge in [0.1, 0.15) is 5.75 Å². The molecule has 2 aromatic carbocycles. The number of piperidine rings is 1. The third-order valence-corrected chi connectivity index (χ3v) is 5.49. The number of carbonyl (C=O) groups excluding carboxylic acids is 2. The Balaban J connectivity index is 1.59. The van der Waals surface area contributed by atoms with Crippen molar-refractivity contribution in [2.75, 3.05) is 25.1 Å². The zero-order valence-electron chi connectivity index (χ0n) is 16.5. The fourth-order valence-corrected chi connectivity index (χ4v) is 3.90. The second kappa shape index (κ2) is 8.39. The Hall–Kier alpha value is -3.28. The Labute approximate surface area is 170 Å². The van der Waals surface area contributed by atoms with Gasteiger partial charge in [-0.1, -0.05) is 12.1 Å². The van der Waals surface area contributed by atoms with Gasteiger partial charge in [0.2, 0.25) is 0 Å². The van der Waals surface area contributed by atoms with Crippen molar-refractivity contribution in [1.29, 1.82) is 0 Å². The van der Waals surface area contributed by atoms with Crippen LogP contribution < -0.4 is 20.3 Å². The Bertz CT molecular complexity index is 931. The highest BCUT2D eigenvalue weighted by molar-refractivity contribution is 6.10. The summed E-state index contributed by atoms with van der Waals surface area (Å²) in [6.07, 6.45) is 5.21. The normalized spacial score (nSPS) is 19.1. The summed E-state index contributed by atoms with van der Waals surface area (Å²) in [5, 5.41) is 5.45. The average Bonchev–Trinajstić information content (AvgIpc) is 2.79. The molecule has 6 heteroatoms. The van der Waals surface area contributed by atoms with E-state index in [4.69, 9.17) is 4.74 Å². The van der Waals surface area contributed by atoms with Crippen LogP contribution in [0, 0.1) is 0 Å². The number of anilines is 1. The van der Waals surface area contributed by atoms with Crippen LogP contribution in [-0.2, 0) is 0 Å². The number of ether oxygens (including phenoxy) is 1. The average molecular weight is 391 g/mol. The molecule has 2 N–H and O–H groups in total. The molecule has 2 heterocycles. The number of Topliss-reactive ketones (excluding diaryl/α,β-unsaturated/α-hetero) is 1. The van der Waals surface area contributed by atoms with Crippen molar-refractivity contribution in [2.24, 2.45) is 0 Å². The fraction of sp³-hybridized carbons (Fsp3) is 0.304. The quantitative estimate of drug-likeness (QED) is 0.761. The predicted molar refractivity (Wildman–Crippen MR) is 112 cm³/mol. The van der Waals surface area contributed by atoms with E-state index in [0.717, 1.165) is 24.3 Å². The largest absolute Gasteiger partial charge is 0.497 e. The number of methoxy groups -OCH3 is 1. The highest BCUT2D eigenvalue weighted by atomic mass is 16.5. The van der Waals surface area contributed by atoms with Gasteiger partial charge in [-0.2, -0.15) is 0 Å². The second-order valence-electron chi connectivity index (χ2n) is 7.35. The van der Waals surface area contributed by atoms with E-state index in [0.29, 0.717) is 16.9 Å². The number of benzene rings is 2. The summed E-state index contributed by atoms with van der Waals surface area (Å²) in [7, 11) is 1.59. The molecule has 2 aliphatic rings. The van der Waals surface area contributed by atoms with Crippen LogP contribution >= 0.6 is 0 Å². The first-order valence-electron chi connectivity index (χ1n) is 9.96. The zero-order chi connectivity index (χ0) is 20.2. The molecule has 4 rings (SSSR count). The molecule has 0 bridgehead atoms. The maximum absolute atomic E-state index is 13.2. The summed E-state index contributed by atoms with van der Waals surface area (Å²) in [4.78, 5) is 27.5. The molecule has 1 unspecified atom stereocenters. The summed E-state index contributed by atoms with van der Waals surface area (Å²) >= 11 is 0. The lowest BCUT2D eigenvalue weighted by atomic mass is 9.91. The Morgan fingerprint density at radius 1 is 1.07 bits per heavy atom. The van der Waals surface area contributed by atoms with Gasteiger partial charge in [-0.15, -0.1) is 0 Å². The Morgan fingerprint density at radius 2 is 1.83 bits per heavy atom. The van der Waals surface area contributed by atoms with E-state index in [1.54, 1.807) is 7.11 Å². The van der Waals surface area contributed by atoms with Crippen molar-refractivity contribution in [3.05, 3.63) is 71.4 Å². The number of nitrogens with one attached hydrogen (secondary N) is 2. The van der Waals surface area contributed by atoms with Crippen molar-refractivity contribution in [2.45, 2.75) is 25.3 Å². The number of hydrogen-bond donors (Lipinski definition) is 2. The lowest BCUT2D eigenvalue weighted by Crippen LogP contribution is -2.42. The molecule has 150 valence electrons. The molecule has 0 saturated carbocycles. The van der Waals surface area contributed by atoms with E-state index in [2.05, 4.69) is 15.5 Å². The zero-order valence-corrected chi connectivity index (χ0v) is 16.5. The number of ketones is 1. The molecule has 2 amide bonds.